The number of ether oxygens (including phenoxy) is 1. The van der Waals surface area contributed by atoms with Crippen molar-refractivity contribution in [2.24, 2.45) is 5.73 Å². The number of pyridine rings is 1. The third-order valence-corrected chi connectivity index (χ3v) is 3.86. The van der Waals surface area contributed by atoms with Crippen LogP contribution in [-0.4, -0.2) is 10.8 Å². The Labute approximate surface area is 124 Å². The van der Waals surface area contributed by atoms with Crippen LogP contribution in [0.1, 0.15) is 41.3 Å². The van der Waals surface area contributed by atoms with Gasteiger partial charge in [0.15, 0.2) is 0 Å². The molecule has 4 nitrogen and oxygen atoms in total. The quantitative estimate of drug-likeness (QED) is 0.670. The minimum atomic E-state index is -0.0124. The summed E-state index contributed by atoms with van der Waals surface area (Å²) in [6.07, 6.45) is 3.14. The fourth-order valence-corrected chi connectivity index (χ4v) is 2.79. The van der Waals surface area contributed by atoms with Crippen molar-refractivity contribution in [3.63, 3.8) is 0 Å². The summed E-state index contributed by atoms with van der Waals surface area (Å²) >= 11 is 0. The first-order valence-electron chi connectivity index (χ1n) is 7.21. The molecule has 0 radical (unpaired) electrons. The van der Waals surface area contributed by atoms with E-state index in [2.05, 4.69) is 23.2 Å². The molecule has 2 aromatic rings. The van der Waals surface area contributed by atoms with Gasteiger partial charge in [0.1, 0.15) is 11.9 Å². The second kappa shape index (κ2) is 5.56. The predicted octanol–water partition coefficient (Wildman–Crippen LogP) is 3.13. The molecule has 0 spiro atoms. The number of hydrogen-bond acceptors (Lipinski definition) is 3. The van der Waals surface area contributed by atoms with Crippen LogP contribution in [-0.2, 0) is 6.42 Å². The Kier molecular flexibility index (Phi) is 3.60. The average molecular weight is 281 g/mol. The summed E-state index contributed by atoms with van der Waals surface area (Å²) in [7, 11) is 0. The van der Waals surface area contributed by atoms with E-state index in [1.54, 1.807) is 6.07 Å². The van der Waals surface area contributed by atoms with Gasteiger partial charge in [0.25, 0.3) is 0 Å². The Balaban J connectivity index is 1.95. The van der Waals surface area contributed by atoms with Crippen LogP contribution in [0.5, 0.6) is 5.88 Å². The molecule has 0 saturated heterocycles. The summed E-state index contributed by atoms with van der Waals surface area (Å²) in [5.41, 5.74) is 9.61. The van der Waals surface area contributed by atoms with Crippen LogP contribution < -0.4 is 10.5 Å². The predicted molar refractivity (Wildman–Crippen MR) is 82.7 cm³/mol. The molecule has 0 fully saturated rings. The van der Waals surface area contributed by atoms with Crippen molar-refractivity contribution < 1.29 is 4.74 Å². The van der Waals surface area contributed by atoms with Crippen LogP contribution >= 0.6 is 0 Å². The first kappa shape index (κ1) is 13.6. The number of nitrogens with two attached hydrogens (primary N) is 1. The molecule has 1 aromatic heterocycles. The van der Waals surface area contributed by atoms with Gasteiger partial charge in [0.2, 0.25) is 5.88 Å². The number of rotatable bonds is 3. The third-order valence-electron chi connectivity index (χ3n) is 3.86. The Morgan fingerprint density at radius 2 is 2.10 bits per heavy atom. The molecule has 1 aromatic carbocycles. The first-order chi connectivity index (χ1) is 10.1. The summed E-state index contributed by atoms with van der Waals surface area (Å²) in [6, 6.07) is 12.0. The van der Waals surface area contributed by atoms with Gasteiger partial charge in [-0.15, -0.1) is 0 Å². The molecule has 3 N–H and O–H groups in total. The molecule has 1 atom stereocenters. The molecule has 21 heavy (non-hydrogen) atoms. The smallest absolute Gasteiger partial charge is 0.225 e. The highest BCUT2D eigenvalue weighted by Gasteiger charge is 2.23. The number of nitrogens with zero attached hydrogens (tertiary/aromatic N) is 1. The van der Waals surface area contributed by atoms with E-state index < -0.39 is 0 Å². The SMILES string of the molecule is Cc1ccc(C(=N)N)c(OC2CCCc3ccccc32)n1. The maximum Gasteiger partial charge on any atom is 0.225 e. The molecule has 0 bridgehead atoms. The van der Waals surface area contributed by atoms with Crippen molar-refractivity contribution in [1.29, 1.82) is 5.41 Å². The highest BCUT2D eigenvalue weighted by molar-refractivity contribution is 5.97. The first-order valence-corrected chi connectivity index (χ1v) is 7.21. The monoisotopic (exact) mass is 281 g/mol. The van der Waals surface area contributed by atoms with Gasteiger partial charge in [-0.2, -0.15) is 0 Å². The lowest BCUT2D eigenvalue weighted by Crippen LogP contribution is -2.19. The van der Waals surface area contributed by atoms with E-state index in [1.165, 1.54) is 11.1 Å². The lowest BCUT2D eigenvalue weighted by Gasteiger charge is -2.26. The molecule has 0 amide bonds. The van der Waals surface area contributed by atoms with Crippen LogP contribution in [0.2, 0.25) is 0 Å². The molecular formula is C17H19N3O. The summed E-state index contributed by atoms with van der Waals surface area (Å²) in [5.74, 6) is 0.450. The number of benzene rings is 1. The second-order valence-electron chi connectivity index (χ2n) is 5.42. The zero-order valence-electron chi connectivity index (χ0n) is 12.1. The zero-order chi connectivity index (χ0) is 14.8. The topological polar surface area (TPSA) is 72.0 Å². The number of nitrogens with one attached hydrogen (secondary N) is 1. The molecule has 3 rings (SSSR count). The van der Waals surface area contributed by atoms with Crippen LogP contribution in [0.3, 0.4) is 0 Å². The Morgan fingerprint density at radius 1 is 1.29 bits per heavy atom. The zero-order valence-corrected chi connectivity index (χ0v) is 12.1. The fraction of sp³-hybridized carbons (Fsp3) is 0.294. The molecule has 1 heterocycles. The van der Waals surface area contributed by atoms with Crippen molar-refractivity contribution in [3.05, 3.63) is 58.8 Å². The lowest BCUT2D eigenvalue weighted by atomic mass is 9.89. The van der Waals surface area contributed by atoms with E-state index in [-0.39, 0.29) is 11.9 Å². The maximum absolute atomic E-state index is 7.67. The molecule has 0 saturated carbocycles. The van der Waals surface area contributed by atoms with Crippen LogP contribution in [0.25, 0.3) is 0 Å². The molecule has 0 aliphatic heterocycles. The minimum Gasteiger partial charge on any atom is -0.469 e. The summed E-state index contributed by atoms with van der Waals surface area (Å²) < 4.78 is 6.12. The number of hydrogen-bond donors (Lipinski definition) is 2. The lowest BCUT2D eigenvalue weighted by molar-refractivity contribution is 0.175. The molecule has 108 valence electrons. The van der Waals surface area contributed by atoms with Gasteiger partial charge in [0, 0.05) is 5.69 Å². The number of fused-ring (bicyclic) bond motifs is 1. The van der Waals surface area contributed by atoms with Gasteiger partial charge >= 0.3 is 0 Å². The normalized spacial score (nSPS) is 17.1. The molecule has 1 unspecified atom stereocenters. The number of amidine groups is 1. The summed E-state index contributed by atoms with van der Waals surface area (Å²) in [4.78, 5) is 4.42. The van der Waals surface area contributed by atoms with Crippen molar-refractivity contribution in [2.45, 2.75) is 32.3 Å². The third kappa shape index (κ3) is 2.75. The molecule has 1 aliphatic carbocycles. The average Bonchev–Trinajstić information content (AvgIpc) is 2.47. The van der Waals surface area contributed by atoms with Crippen LogP contribution in [0, 0.1) is 12.3 Å². The molecular weight excluding hydrogens is 262 g/mol. The number of nitrogen functional groups attached to an aromatic ring is 1. The van der Waals surface area contributed by atoms with Gasteiger partial charge in [-0.3, -0.25) is 5.41 Å². The van der Waals surface area contributed by atoms with Gasteiger partial charge in [0.05, 0.1) is 5.56 Å². The Morgan fingerprint density at radius 3 is 2.90 bits per heavy atom. The number of aromatic nitrogens is 1. The van der Waals surface area contributed by atoms with Gasteiger partial charge < -0.3 is 10.5 Å². The van der Waals surface area contributed by atoms with E-state index in [0.29, 0.717) is 11.4 Å². The van der Waals surface area contributed by atoms with Gasteiger partial charge in [-0.25, -0.2) is 4.98 Å². The van der Waals surface area contributed by atoms with E-state index in [0.717, 1.165) is 25.0 Å². The van der Waals surface area contributed by atoms with Crippen molar-refractivity contribution in [3.8, 4) is 5.88 Å². The maximum atomic E-state index is 7.67. The van der Waals surface area contributed by atoms with Gasteiger partial charge in [-0.05, 0) is 49.4 Å². The van der Waals surface area contributed by atoms with Crippen molar-refractivity contribution in [2.75, 3.05) is 0 Å². The second-order valence-corrected chi connectivity index (χ2v) is 5.42. The summed E-state index contributed by atoms with van der Waals surface area (Å²) in [5, 5.41) is 7.67. The number of aryl methyl sites for hydroxylation is 2. The van der Waals surface area contributed by atoms with E-state index in [1.807, 2.05) is 19.1 Å². The van der Waals surface area contributed by atoms with Crippen molar-refractivity contribution >= 4 is 5.84 Å². The van der Waals surface area contributed by atoms with E-state index in [4.69, 9.17) is 15.9 Å². The Bertz CT molecular complexity index is 681. The van der Waals surface area contributed by atoms with Crippen LogP contribution in [0.15, 0.2) is 36.4 Å². The summed E-state index contributed by atoms with van der Waals surface area (Å²) in [6.45, 7) is 1.91. The van der Waals surface area contributed by atoms with E-state index >= 15 is 0 Å². The molecule has 1 aliphatic rings. The van der Waals surface area contributed by atoms with Crippen LogP contribution in [0.4, 0.5) is 0 Å². The minimum absolute atomic E-state index is 0.0117. The standard InChI is InChI=1S/C17H19N3O/c1-11-9-10-14(16(18)19)17(20-11)21-15-8-4-6-12-5-2-3-7-13(12)15/h2-3,5,7,9-10,15H,4,6,8H2,1H3,(H3,18,19). The van der Waals surface area contributed by atoms with E-state index in [9.17, 15) is 0 Å². The molecule has 4 heteroatoms. The highest BCUT2D eigenvalue weighted by Crippen LogP contribution is 2.33. The van der Waals surface area contributed by atoms with Crippen molar-refractivity contribution in [1.82, 2.24) is 4.98 Å². The largest absolute Gasteiger partial charge is 0.469 e. The fourth-order valence-electron chi connectivity index (χ4n) is 2.79. The Hall–Kier alpha value is -2.36. The highest BCUT2D eigenvalue weighted by atomic mass is 16.5. The van der Waals surface area contributed by atoms with Gasteiger partial charge in [-0.1, -0.05) is 24.3 Å².